The third-order valence-electron chi connectivity index (χ3n) is 4.05. The molecule has 0 unspecified atom stereocenters. The lowest BCUT2D eigenvalue weighted by Crippen LogP contribution is -2.26. The predicted octanol–water partition coefficient (Wildman–Crippen LogP) is 1.99. The Balaban J connectivity index is 1.60. The molecule has 0 aliphatic rings. The van der Waals surface area contributed by atoms with E-state index in [9.17, 15) is 9.59 Å². The number of amides is 1. The number of hydrogen-bond acceptors (Lipinski definition) is 5. The number of hydrogen-bond donors (Lipinski definition) is 3. The number of carbonyl (C=O) groups excluding carboxylic acids is 1. The number of rotatable bonds is 6. The second kappa shape index (κ2) is 7.61. The molecule has 3 aromatic rings. The van der Waals surface area contributed by atoms with Crippen molar-refractivity contribution in [2.75, 3.05) is 11.9 Å². The van der Waals surface area contributed by atoms with Crippen LogP contribution < -0.4 is 16.2 Å². The zero-order chi connectivity index (χ0) is 19.4. The van der Waals surface area contributed by atoms with E-state index in [0.717, 1.165) is 5.56 Å². The van der Waals surface area contributed by atoms with Gasteiger partial charge < -0.3 is 10.6 Å². The average molecular weight is 368 g/mol. The van der Waals surface area contributed by atoms with Crippen LogP contribution in [-0.2, 0) is 16.9 Å². The van der Waals surface area contributed by atoms with E-state index in [1.54, 1.807) is 4.68 Å². The van der Waals surface area contributed by atoms with E-state index in [1.165, 1.54) is 6.20 Å². The number of nitrogens with zero attached hydrogens (tertiary/aromatic N) is 3. The Hall–Kier alpha value is -3.16. The lowest BCUT2D eigenvalue weighted by molar-refractivity contribution is -0.121. The number of aromatic nitrogens is 4. The summed E-state index contributed by atoms with van der Waals surface area (Å²) in [6.45, 7) is 6.83. The van der Waals surface area contributed by atoms with Gasteiger partial charge in [-0.25, -0.2) is 4.68 Å². The molecule has 3 N–H and O–H groups in total. The first-order chi connectivity index (χ1) is 12.8. The highest BCUT2D eigenvalue weighted by atomic mass is 16.1. The first-order valence-electron chi connectivity index (χ1n) is 8.87. The molecule has 0 saturated heterocycles. The van der Waals surface area contributed by atoms with Crippen molar-refractivity contribution >= 4 is 22.9 Å². The number of carbonyl (C=O) groups is 1. The molecule has 0 bridgehead atoms. The van der Waals surface area contributed by atoms with Gasteiger partial charge >= 0.3 is 0 Å². The molecule has 3 rings (SSSR count). The lowest BCUT2D eigenvalue weighted by Gasteiger charge is -2.19. The van der Waals surface area contributed by atoms with Crippen LogP contribution in [0, 0.1) is 0 Å². The standard InChI is InChI=1S/C19H24N6O2/c1-19(2,3)25-16-14(12-22-25)17(27)24-18(23-16)20-10-9-15(26)21-11-13-7-5-4-6-8-13/h4-8,12H,9-11H2,1-3H3,(H,21,26)(H2,20,23,24,27). The third kappa shape index (κ3) is 4.52. The van der Waals surface area contributed by atoms with E-state index in [2.05, 4.69) is 25.7 Å². The van der Waals surface area contributed by atoms with Crippen LogP contribution in [0.3, 0.4) is 0 Å². The quantitative estimate of drug-likeness (QED) is 0.617. The molecule has 27 heavy (non-hydrogen) atoms. The maximum atomic E-state index is 12.2. The Labute approximate surface area is 157 Å². The Morgan fingerprint density at radius 3 is 2.67 bits per heavy atom. The molecule has 142 valence electrons. The van der Waals surface area contributed by atoms with Gasteiger partial charge in [0.2, 0.25) is 11.9 Å². The monoisotopic (exact) mass is 368 g/mol. The first-order valence-corrected chi connectivity index (χ1v) is 8.87. The van der Waals surface area contributed by atoms with E-state index >= 15 is 0 Å². The van der Waals surface area contributed by atoms with Crippen LogP contribution >= 0.6 is 0 Å². The van der Waals surface area contributed by atoms with E-state index < -0.39 is 0 Å². The fourth-order valence-electron chi connectivity index (χ4n) is 2.67. The highest BCUT2D eigenvalue weighted by Gasteiger charge is 2.19. The summed E-state index contributed by atoms with van der Waals surface area (Å²) in [5.41, 5.74) is 1.01. The van der Waals surface area contributed by atoms with E-state index in [4.69, 9.17) is 0 Å². The van der Waals surface area contributed by atoms with Crippen LogP contribution in [0.1, 0.15) is 32.8 Å². The van der Waals surface area contributed by atoms with Gasteiger partial charge in [0, 0.05) is 19.5 Å². The van der Waals surface area contributed by atoms with Crippen molar-refractivity contribution in [3.63, 3.8) is 0 Å². The van der Waals surface area contributed by atoms with Crippen molar-refractivity contribution in [2.24, 2.45) is 0 Å². The lowest BCUT2D eigenvalue weighted by atomic mass is 10.1. The molecule has 0 aliphatic heterocycles. The van der Waals surface area contributed by atoms with Gasteiger partial charge in [0.15, 0.2) is 5.65 Å². The third-order valence-corrected chi connectivity index (χ3v) is 4.05. The number of nitrogens with one attached hydrogen (secondary N) is 3. The molecule has 0 radical (unpaired) electrons. The Kier molecular flexibility index (Phi) is 5.25. The first kappa shape index (κ1) is 18.6. The van der Waals surface area contributed by atoms with Crippen LogP contribution in [0.15, 0.2) is 41.3 Å². The van der Waals surface area contributed by atoms with Gasteiger partial charge in [-0.05, 0) is 26.3 Å². The summed E-state index contributed by atoms with van der Waals surface area (Å²) in [7, 11) is 0. The highest BCUT2D eigenvalue weighted by molar-refractivity contribution is 5.77. The molecular formula is C19H24N6O2. The number of fused-ring (bicyclic) bond motifs is 1. The molecule has 8 nitrogen and oxygen atoms in total. The maximum absolute atomic E-state index is 12.2. The van der Waals surface area contributed by atoms with Gasteiger partial charge in [-0.15, -0.1) is 0 Å². The molecule has 0 atom stereocenters. The zero-order valence-corrected chi connectivity index (χ0v) is 15.7. The molecule has 0 spiro atoms. The number of anilines is 1. The zero-order valence-electron chi connectivity index (χ0n) is 15.7. The summed E-state index contributed by atoms with van der Waals surface area (Å²) in [6.07, 6.45) is 1.79. The molecule has 2 aromatic heterocycles. The minimum atomic E-state index is -0.295. The van der Waals surface area contributed by atoms with Gasteiger partial charge in [-0.2, -0.15) is 10.1 Å². The Bertz CT molecular complexity index is 985. The van der Waals surface area contributed by atoms with Crippen LogP contribution in [0.5, 0.6) is 0 Å². The van der Waals surface area contributed by atoms with Crippen LogP contribution in [0.4, 0.5) is 5.95 Å². The summed E-state index contributed by atoms with van der Waals surface area (Å²) in [5, 5.41) is 10.6. The Morgan fingerprint density at radius 1 is 1.22 bits per heavy atom. The summed E-state index contributed by atoms with van der Waals surface area (Å²) in [4.78, 5) is 31.3. The fourth-order valence-corrected chi connectivity index (χ4v) is 2.67. The normalized spacial score (nSPS) is 11.5. The largest absolute Gasteiger partial charge is 0.355 e. The fraction of sp³-hybridized carbons (Fsp3) is 0.368. The van der Waals surface area contributed by atoms with Crippen molar-refractivity contribution in [1.82, 2.24) is 25.1 Å². The van der Waals surface area contributed by atoms with Gasteiger partial charge in [0.1, 0.15) is 5.39 Å². The van der Waals surface area contributed by atoms with Crippen LogP contribution in [0.2, 0.25) is 0 Å². The highest BCUT2D eigenvalue weighted by Crippen LogP contribution is 2.18. The van der Waals surface area contributed by atoms with Crippen molar-refractivity contribution in [2.45, 2.75) is 39.3 Å². The predicted molar refractivity (Wildman–Crippen MR) is 105 cm³/mol. The van der Waals surface area contributed by atoms with Crippen molar-refractivity contribution in [1.29, 1.82) is 0 Å². The summed E-state index contributed by atoms with van der Waals surface area (Å²) in [5.74, 6) is 0.254. The Morgan fingerprint density at radius 2 is 1.96 bits per heavy atom. The van der Waals surface area contributed by atoms with Gasteiger partial charge in [0.25, 0.3) is 5.56 Å². The van der Waals surface area contributed by atoms with E-state index in [-0.39, 0.29) is 23.4 Å². The maximum Gasteiger partial charge on any atom is 0.263 e. The summed E-state index contributed by atoms with van der Waals surface area (Å²) in [6, 6.07) is 9.72. The summed E-state index contributed by atoms with van der Waals surface area (Å²) < 4.78 is 1.72. The van der Waals surface area contributed by atoms with Gasteiger partial charge in [0.05, 0.1) is 11.7 Å². The van der Waals surface area contributed by atoms with Crippen molar-refractivity contribution < 1.29 is 4.79 Å². The SMILES string of the molecule is CC(C)(C)n1ncc2c(=O)[nH]c(NCCC(=O)NCc3ccccc3)nc21. The number of aromatic amines is 1. The second-order valence-corrected chi connectivity index (χ2v) is 7.32. The molecule has 0 fully saturated rings. The molecule has 1 amide bonds. The van der Waals surface area contributed by atoms with Gasteiger partial charge in [-0.3, -0.25) is 14.6 Å². The molecular weight excluding hydrogens is 344 g/mol. The average Bonchev–Trinajstić information content (AvgIpc) is 3.06. The second-order valence-electron chi connectivity index (χ2n) is 7.32. The topological polar surface area (TPSA) is 105 Å². The van der Waals surface area contributed by atoms with E-state index in [0.29, 0.717) is 30.1 Å². The van der Waals surface area contributed by atoms with Crippen LogP contribution in [0.25, 0.3) is 11.0 Å². The van der Waals surface area contributed by atoms with Gasteiger partial charge in [-0.1, -0.05) is 30.3 Å². The molecule has 8 heteroatoms. The smallest absolute Gasteiger partial charge is 0.263 e. The molecule has 0 aliphatic carbocycles. The number of benzene rings is 1. The minimum Gasteiger partial charge on any atom is -0.355 e. The molecule has 1 aromatic carbocycles. The number of H-pyrrole nitrogens is 1. The van der Waals surface area contributed by atoms with E-state index in [1.807, 2.05) is 51.1 Å². The van der Waals surface area contributed by atoms with Crippen molar-refractivity contribution in [3.8, 4) is 0 Å². The van der Waals surface area contributed by atoms with Crippen molar-refractivity contribution in [3.05, 3.63) is 52.4 Å². The minimum absolute atomic E-state index is 0.0745. The molecule has 2 heterocycles. The molecule has 0 saturated carbocycles. The summed E-state index contributed by atoms with van der Waals surface area (Å²) >= 11 is 0. The van der Waals surface area contributed by atoms with Crippen LogP contribution in [-0.4, -0.2) is 32.2 Å².